The number of ether oxygens (including phenoxy) is 1. The quantitative estimate of drug-likeness (QED) is 0.764. The summed E-state index contributed by atoms with van der Waals surface area (Å²) in [6.07, 6.45) is 0.334. The molecule has 0 saturated heterocycles. The van der Waals surface area contributed by atoms with Crippen LogP contribution in [0.25, 0.3) is 0 Å². The summed E-state index contributed by atoms with van der Waals surface area (Å²) in [6, 6.07) is 5.81. The van der Waals surface area contributed by atoms with Crippen molar-refractivity contribution in [3.05, 3.63) is 29.8 Å². The molecule has 1 aromatic carbocycles. The van der Waals surface area contributed by atoms with E-state index in [4.69, 9.17) is 9.84 Å². The van der Waals surface area contributed by atoms with E-state index in [1.54, 1.807) is 6.92 Å². The normalized spacial score (nSPS) is 18.1. The van der Waals surface area contributed by atoms with Crippen LogP contribution >= 0.6 is 0 Å². The zero-order valence-electron chi connectivity index (χ0n) is 10.6. The van der Waals surface area contributed by atoms with Gasteiger partial charge in [0.15, 0.2) is 0 Å². The number of fused-ring (bicyclic) bond motifs is 1. The highest BCUT2D eigenvalue weighted by molar-refractivity contribution is 5.82. The molecule has 2 rings (SSSR count). The molecule has 0 aromatic heterocycles. The first-order valence-electron chi connectivity index (χ1n) is 6.13. The molecule has 1 aromatic rings. The maximum atomic E-state index is 11.7. The molecule has 0 saturated carbocycles. The fourth-order valence-electron chi connectivity index (χ4n) is 1.98. The van der Waals surface area contributed by atoms with Crippen molar-refractivity contribution in [2.45, 2.75) is 25.4 Å². The molecule has 2 atom stereocenters. The van der Waals surface area contributed by atoms with Gasteiger partial charge in [-0.3, -0.25) is 0 Å². The number of carbonyl (C=O) groups excluding carboxylic acids is 1. The van der Waals surface area contributed by atoms with Crippen LogP contribution in [0.1, 0.15) is 24.9 Å². The maximum Gasteiger partial charge on any atom is 0.326 e. The van der Waals surface area contributed by atoms with Gasteiger partial charge in [-0.25, -0.2) is 9.59 Å². The molecule has 1 aliphatic heterocycles. The van der Waals surface area contributed by atoms with Crippen molar-refractivity contribution in [3.8, 4) is 5.75 Å². The van der Waals surface area contributed by atoms with Crippen LogP contribution in [0.3, 0.4) is 0 Å². The highest BCUT2D eigenvalue weighted by Gasteiger charge is 2.26. The lowest BCUT2D eigenvalue weighted by Crippen LogP contribution is -2.46. The Bertz CT molecular complexity index is 489. The third-order valence-corrected chi connectivity index (χ3v) is 3.02. The van der Waals surface area contributed by atoms with Crippen LogP contribution < -0.4 is 15.4 Å². The molecule has 0 spiro atoms. The molecule has 19 heavy (non-hydrogen) atoms. The Morgan fingerprint density at radius 1 is 1.47 bits per heavy atom. The topological polar surface area (TPSA) is 87.7 Å². The second-order valence-electron chi connectivity index (χ2n) is 4.32. The summed E-state index contributed by atoms with van der Waals surface area (Å²) in [4.78, 5) is 22.6. The van der Waals surface area contributed by atoms with Gasteiger partial charge in [-0.15, -0.1) is 0 Å². The second-order valence-corrected chi connectivity index (χ2v) is 4.32. The third kappa shape index (κ3) is 2.96. The van der Waals surface area contributed by atoms with Gasteiger partial charge in [-0.05, 0) is 12.5 Å². The van der Waals surface area contributed by atoms with E-state index in [1.807, 2.05) is 24.3 Å². The summed E-state index contributed by atoms with van der Waals surface area (Å²) >= 11 is 0. The van der Waals surface area contributed by atoms with E-state index in [-0.39, 0.29) is 6.04 Å². The number of carboxylic acids is 1. The summed E-state index contributed by atoms with van der Waals surface area (Å²) in [5, 5.41) is 14.0. The second kappa shape index (κ2) is 5.60. The van der Waals surface area contributed by atoms with E-state index in [9.17, 15) is 9.59 Å². The number of benzene rings is 1. The van der Waals surface area contributed by atoms with E-state index in [2.05, 4.69) is 10.6 Å². The van der Waals surface area contributed by atoms with Crippen molar-refractivity contribution >= 4 is 12.0 Å². The minimum Gasteiger partial charge on any atom is -0.491 e. The largest absolute Gasteiger partial charge is 0.491 e. The number of hydrogen-bond acceptors (Lipinski definition) is 3. The van der Waals surface area contributed by atoms with Gasteiger partial charge in [0.1, 0.15) is 18.4 Å². The zero-order chi connectivity index (χ0) is 13.8. The van der Waals surface area contributed by atoms with Crippen LogP contribution in [0.5, 0.6) is 5.75 Å². The van der Waals surface area contributed by atoms with Crippen LogP contribution in [-0.4, -0.2) is 29.8 Å². The third-order valence-electron chi connectivity index (χ3n) is 3.02. The number of para-hydroxylation sites is 1. The molecular weight excluding hydrogens is 248 g/mol. The number of aliphatic carboxylic acids is 1. The van der Waals surface area contributed by atoms with Gasteiger partial charge in [0.2, 0.25) is 0 Å². The number of hydrogen-bond donors (Lipinski definition) is 3. The van der Waals surface area contributed by atoms with Gasteiger partial charge in [0.25, 0.3) is 0 Å². The minimum absolute atomic E-state index is 0.248. The zero-order valence-corrected chi connectivity index (χ0v) is 10.6. The molecule has 102 valence electrons. The van der Waals surface area contributed by atoms with Crippen molar-refractivity contribution in [1.82, 2.24) is 10.6 Å². The van der Waals surface area contributed by atoms with Gasteiger partial charge in [0.05, 0.1) is 6.04 Å². The Balaban J connectivity index is 1.96. The van der Waals surface area contributed by atoms with Crippen molar-refractivity contribution in [3.63, 3.8) is 0 Å². The summed E-state index contributed by atoms with van der Waals surface area (Å²) < 4.78 is 5.43. The Morgan fingerprint density at radius 2 is 2.21 bits per heavy atom. The van der Waals surface area contributed by atoms with Crippen LogP contribution in [-0.2, 0) is 4.79 Å². The molecule has 0 bridgehead atoms. The standard InChI is InChI=1S/C13H16N2O4/c1-2-9(12(16)17)14-13(18)15-10-7-19-11-6-4-3-5-8(10)11/h3-6,9-10H,2,7H2,1H3,(H,16,17)(H2,14,15,18)/t9-,10?/m1/s1. The number of nitrogens with one attached hydrogen (secondary N) is 2. The van der Waals surface area contributed by atoms with Crippen molar-refractivity contribution in [1.29, 1.82) is 0 Å². The van der Waals surface area contributed by atoms with E-state index in [0.717, 1.165) is 11.3 Å². The molecule has 6 nitrogen and oxygen atoms in total. The highest BCUT2D eigenvalue weighted by atomic mass is 16.5. The summed E-state index contributed by atoms with van der Waals surface area (Å²) in [5.74, 6) is -0.293. The number of rotatable bonds is 4. The lowest BCUT2D eigenvalue weighted by molar-refractivity contribution is -0.139. The Kier molecular flexibility index (Phi) is 3.89. The maximum absolute atomic E-state index is 11.7. The van der Waals surface area contributed by atoms with Crippen LogP contribution in [0.4, 0.5) is 4.79 Å². The van der Waals surface area contributed by atoms with E-state index in [1.165, 1.54) is 0 Å². The van der Waals surface area contributed by atoms with Gasteiger partial charge >= 0.3 is 12.0 Å². The molecule has 6 heteroatoms. The van der Waals surface area contributed by atoms with E-state index < -0.39 is 18.0 Å². The molecule has 2 amide bonds. The number of carbonyl (C=O) groups is 2. The first-order valence-corrected chi connectivity index (χ1v) is 6.13. The van der Waals surface area contributed by atoms with Crippen LogP contribution in [0.15, 0.2) is 24.3 Å². The van der Waals surface area contributed by atoms with Gasteiger partial charge < -0.3 is 20.5 Å². The van der Waals surface area contributed by atoms with Crippen LogP contribution in [0.2, 0.25) is 0 Å². The van der Waals surface area contributed by atoms with Gasteiger partial charge in [0, 0.05) is 5.56 Å². The molecule has 0 aliphatic carbocycles. The molecule has 0 fully saturated rings. The summed E-state index contributed by atoms with van der Waals surface area (Å²) in [5.41, 5.74) is 0.904. The van der Waals surface area contributed by atoms with Crippen molar-refractivity contribution in [2.75, 3.05) is 6.61 Å². The molecule has 1 aliphatic rings. The smallest absolute Gasteiger partial charge is 0.326 e. The van der Waals surface area contributed by atoms with Crippen LogP contribution in [0, 0.1) is 0 Å². The average Bonchev–Trinajstić information content (AvgIpc) is 2.79. The number of urea groups is 1. The monoisotopic (exact) mass is 264 g/mol. The lowest BCUT2D eigenvalue weighted by atomic mass is 10.1. The molecule has 1 unspecified atom stereocenters. The molecule has 3 N–H and O–H groups in total. The van der Waals surface area contributed by atoms with Crippen molar-refractivity contribution in [2.24, 2.45) is 0 Å². The summed E-state index contributed by atoms with van der Waals surface area (Å²) in [6.45, 7) is 2.06. The minimum atomic E-state index is -1.04. The first-order chi connectivity index (χ1) is 9.11. The molecular formula is C13H16N2O4. The fraction of sp³-hybridized carbons (Fsp3) is 0.385. The lowest BCUT2D eigenvalue weighted by Gasteiger charge is -2.16. The Morgan fingerprint density at radius 3 is 2.89 bits per heavy atom. The predicted octanol–water partition coefficient (Wildman–Crippen LogP) is 1.28. The Hall–Kier alpha value is -2.24. The van der Waals surface area contributed by atoms with E-state index in [0.29, 0.717) is 13.0 Å². The van der Waals surface area contributed by atoms with Gasteiger partial charge in [-0.2, -0.15) is 0 Å². The molecule has 1 heterocycles. The highest BCUT2D eigenvalue weighted by Crippen LogP contribution is 2.31. The SMILES string of the molecule is CC[C@@H](NC(=O)NC1COc2ccccc21)C(=O)O. The van der Waals surface area contributed by atoms with Crippen molar-refractivity contribution < 1.29 is 19.4 Å². The number of carboxylic acid groups (broad SMARTS) is 1. The van der Waals surface area contributed by atoms with Gasteiger partial charge in [-0.1, -0.05) is 25.1 Å². The molecule has 0 radical (unpaired) electrons. The van der Waals surface area contributed by atoms with E-state index >= 15 is 0 Å². The predicted molar refractivity (Wildman–Crippen MR) is 68.1 cm³/mol. The first kappa shape index (κ1) is 13.2. The fourth-order valence-corrected chi connectivity index (χ4v) is 1.98. The Labute approximate surface area is 110 Å². The number of amides is 2. The average molecular weight is 264 g/mol. The summed E-state index contributed by atoms with van der Waals surface area (Å²) in [7, 11) is 0.